The van der Waals surface area contributed by atoms with Gasteiger partial charge in [0.05, 0.1) is 5.69 Å². The van der Waals surface area contributed by atoms with E-state index in [0.717, 1.165) is 37.8 Å². The van der Waals surface area contributed by atoms with Gasteiger partial charge in [0, 0.05) is 19.6 Å². The van der Waals surface area contributed by atoms with Gasteiger partial charge in [-0.05, 0) is 18.9 Å². The Labute approximate surface area is 109 Å². The molecule has 1 aliphatic heterocycles. The summed E-state index contributed by atoms with van der Waals surface area (Å²) in [5.74, 6) is 0. The highest BCUT2D eigenvalue weighted by molar-refractivity contribution is 5.33. The first-order valence-corrected chi connectivity index (χ1v) is 6.54. The molecule has 100 valence electrons. The average molecular weight is 249 g/mol. The van der Waals surface area contributed by atoms with Gasteiger partial charge in [-0.1, -0.05) is 32.4 Å². The summed E-state index contributed by atoms with van der Waals surface area (Å²) in [7, 11) is 1.91. The topological polar surface area (TPSA) is 41.3 Å². The van der Waals surface area contributed by atoms with Crippen molar-refractivity contribution < 1.29 is 4.42 Å². The van der Waals surface area contributed by atoms with Crippen molar-refractivity contribution in [1.82, 2.24) is 10.3 Å². The molecule has 4 nitrogen and oxygen atoms in total. The zero-order chi connectivity index (χ0) is 13.2. The minimum Gasteiger partial charge on any atom is -0.432 e. The van der Waals surface area contributed by atoms with Crippen LogP contribution in [0, 0.1) is 5.41 Å². The molecule has 0 aliphatic carbocycles. The lowest BCUT2D eigenvalue weighted by atomic mass is 9.83. The van der Waals surface area contributed by atoms with Crippen molar-refractivity contribution in [2.45, 2.75) is 33.7 Å². The number of hydrogen-bond donors (Lipinski definition) is 1. The predicted octanol–water partition coefficient (Wildman–Crippen LogP) is 2.58. The molecule has 2 rings (SSSR count). The molecule has 1 N–H and O–H groups in total. The van der Waals surface area contributed by atoms with Crippen molar-refractivity contribution in [2.24, 2.45) is 5.41 Å². The van der Waals surface area contributed by atoms with Gasteiger partial charge in [0.1, 0.15) is 6.26 Å². The van der Waals surface area contributed by atoms with E-state index in [0.29, 0.717) is 0 Å². The summed E-state index contributed by atoms with van der Waals surface area (Å²) in [6.45, 7) is 9.44. The molecule has 0 spiro atoms. The molecule has 0 aromatic carbocycles. The Morgan fingerprint density at radius 2 is 2.22 bits per heavy atom. The van der Waals surface area contributed by atoms with Gasteiger partial charge in [-0.15, -0.1) is 0 Å². The number of hydrogen-bond acceptors (Lipinski definition) is 4. The first-order chi connectivity index (χ1) is 8.50. The molecular weight excluding hydrogens is 226 g/mol. The number of nitrogens with zero attached hydrogens (tertiary/aromatic N) is 2. The van der Waals surface area contributed by atoms with E-state index in [4.69, 9.17) is 4.42 Å². The van der Waals surface area contributed by atoms with Gasteiger partial charge in [0.15, 0.2) is 0 Å². The Morgan fingerprint density at radius 1 is 1.44 bits per heavy atom. The summed E-state index contributed by atoms with van der Waals surface area (Å²) in [6, 6.07) is 0.740. The van der Waals surface area contributed by atoms with Crippen molar-refractivity contribution in [1.29, 1.82) is 0 Å². The van der Waals surface area contributed by atoms with E-state index in [-0.39, 0.29) is 5.41 Å². The van der Waals surface area contributed by atoms with E-state index in [1.165, 1.54) is 5.57 Å². The molecule has 0 radical (unpaired) electrons. The van der Waals surface area contributed by atoms with Crippen molar-refractivity contribution in [3.8, 4) is 0 Å². The molecule has 0 fully saturated rings. The summed E-state index contributed by atoms with van der Waals surface area (Å²) in [6.07, 6.45) is 5.13. The lowest BCUT2D eigenvalue weighted by molar-refractivity contribution is 0.463. The third kappa shape index (κ3) is 2.93. The van der Waals surface area contributed by atoms with Crippen molar-refractivity contribution in [2.75, 3.05) is 25.0 Å². The summed E-state index contributed by atoms with van der Waals surface area (Å²) in [5.41, 5.74) is 2.76. The number of oxazole rings is 1. The minimum atomic E-state index is 0.278. The van der Waals surface area contributed by atoms with Gasteiger partial charge in [-0.25, -0.2) is 0 Å². The second kappa shape index (κ2) is 5.14. The molecule has 2 heterocycles. The zero-order valence-corrected chi connectivity index (χ0v) is 11.8. The molecule has 0 saturated carbocycles. The summed E-state index contributed by atoms with van der Waals surface area (Å²) in [5, 5.41) is 3.07. The molecule has 1 aliphatic rings. The molecule has 0 unspecified atom stereocenters. The smallest absolute Gasteiger partial charge is 0.297 e. The highest BCUT2D eigenvalue weighted by Gasteiger charge is 2.23. The molecule has 0 saturated heterocycles. The van der Waals surface area contributed by atoms with Gasteiger partial charge < -0.3 is 14.6 Å². The van der Waals surface area contributed by atoms with E-state index in [1.807, 2.05) is 7.05 Å². The number of aromatic nitrogens is 1. The lowest BCUT2D eigenvalue weighted by Gasteiger charge is -2.31. The van der Waals surface area contributed by atoms with Gasteiger partial charge >= 0.3 is 0 Å². The average Bonchev–Trinajstić information content (AvgIpc) is 2.77. The second-order valence-electron chi connectivity index (χ2n) is 5.83. The van der Waals surface area contributed by atoms with Crippen LogP contribution in [0.5, 0.6) is 0 Å². The first kappa shape index (κ1) is 13.1. The van der Waals surface area contributed by atoms with Crippen LogP contribution in [-0.4, -0.2) is 25.1 Å². The van der Waals surface area contributed by atoms with Gasteiger partial charge in [-0.3, -0.25) is 0 Å². The Bertz CT molecular complexity index is 428. The Kier molecular flexibility index (Phi) is 3.76. The van der Waals surface area contributed by atoms with Gasteiger partial charge in [0.25, 0.3) is 6.01 Å². The minimum absolute atomic E-state index is 0.278. The van der Waals surface area contributed by atoms with Crippen LogP contribution in [-0.2, 0) is 6.54 Å². The van der Waals surface area contributed by atoms with Crippen LogP contribution < -0.4 is 10.2 Å². The zero-order valence-electron chi connectivity index (χ0n) is 11.8. The van der Waals surface area contributed by atoms with Crippen LogP contribution >= 0.6 is 0 Å². The van der Waals surface area contributed by atoms with Crippen molar-refractivity contribution in [3.05, 3.63) is 23.6 Å². The Morgan fingerprint density at radius 3 is 2.78 bits per heavy atom. The maximum absolute atomic E-state index is 5.52. The highest BCUT2D eigenvalue weighted by Crippen LogP contribution is 2.31. The normalized spacial score (nSPS) is 16.9. The van der Waals surface area contributed by atoms with Gasteiger partial charge in [0.2, 0.25) is 0 Å². The van der Waals surface area contributed by atoms with Crippen LogP contribution in [0.3, 0.4) is 0 Å². The summed E-state index contributed by atoms with van der Waals surface area (Å²) >= 11 is 0. The molecular formula is C14H23N3O. The first-order valence-electron chi connectivity index (χ1n) is 6.54. The fraction of sp³-hybridized carbons (Fsp3) is 0.643. The summed E-state index contributed by atoms with van der Waals surface area (Å²) in [4.78, 5) is 6.67. The Balaban J connectivity index is 2.02. The van der Waals surface area contributed by atoms with E-state index in [1.54, 1.807) is 6.26 Å². The molecule has 1 aromatic rings. The van der Waals surface area contributed by atoms with Crippen molar-refractivity contribution >= 4 is 6.01 Å². The molecule has 0 bridgehead atoms. The van der Waals surface area contributed by atoms with Crippen LogP contribution in [0.2, 0.25) is 0 Å². The maximum atomic E-state index is 5.52. The predicted molar refractivity (Wildman–Crippen MR) is 73.6 cm³/mol. The molecule has 0 atom stereocenters. The van der Waals surface area contributed by atoms with Gasteiger partial charge in [-0.2, -0.15) is 4.98 Å². The molecule has 0 amide bonds. The van der Waals surface area contributed by atoms with E-state index < -0.39 is 0 Å². The largest absolute Gasteiger partial charge is 0.432 e. The Hall–Kier alpha value is -1.29. The quantitative estimate of drug-likeness (QED) is 0.836. The van der Waals surface area contributed by atoms with Crippen LogP contribution in [0.15, 0.2) is 22.3 Å². The molecule has 4 heteroatoms. The third-order valence-corrected chi connectivity index (χ3v) is 3.34. The van der Waals surface area contributed by atoms with Crippen LogP contribution in [0.1, 0.15) is 32.9 Å². The fourth-order valence-electron chi connectivity index (χ4n) is 2.23. The number of rotatable bonds is 3. The number of nitrogens with one attached hydrogen (secondary N) is 1. The highest BCUT2D eigenvalue weighted by atomic mass is 16.4. The summed E-state index contributed by atoms with van der Waals surface area (Å²) < 4.78 is 5.52. The second-order valence-corrected chi connectivity index (χ2v) is 5.83. The van der Waals surface area contributed by atoms with Crippen molar-refractivity contribution in [3.63, 3.8) is 0 Å². The van der Waals surface area contributed by atoms with E-state index in [9.17, 15) is 0 Å². The van der Waals surface area contributed by atoms with E-state index >= 15 is 0 Å². The third-order valence-electron chi connectivity index (χ3n) is 3.34. The standard InChI is InChI=1S/C14H23N3O/c1-14(2,3)11-5-7-17(8-6-11)13-16-12(9-15-4)10-18-13/h5,10,15H,6-9H2,1-4H3. The van der Waals surface area contributed by atoms with Crippen LogP contribution in [0.25, 0.3) is 0 Å². The number of anilines is 1. The monoisotopic (exact) mass is 249 g/mol. The maximum Gasteiger partial charge on any atom is 0.297 e. The SMILES string of the molecule is CNCc1coc(N2CC=C(C(C)(C)C)CC2)n1. The fourth-order valence-corrected chi connectivity index (χ4v) is 2.23. The van der Waals surface area contributed by atoms with Crippen LogP contribution in [0.4, 0.5) is 6.01 Å². The lowest BCUT2D eigenvalue weighted by Crippen LogP contribution is -2.31. The molecule has 1 aromatic heterocycles. The van der Waals surface area contributed by atoms with E-state index in [2.05, 4.69) is 42.0 Å². The molecule has 18 heavy (non-hydrogen) atoms.